The predicted molar refractivity (Wildman–Crippen MR) is 86.5 cm³/mol. The van der Waals surface area contributed by atoms with Gasteiger partial charge in [0.2, 0.25) is 0 Å². The molecule has 1 aromatic carbocycles. The van der Waals surface area contributed by atoms with E-state index in [-0.39, 0.29) is 0 Å². The number of nitrogens with zero attached hydrogens (tertiary/aromatic N) is 2. The minimum atomic E-state index is 0.831. The molecule has 106 valence electrons. The van der Waals surface area contributed by atoms with Crippen molar-refractivity contribution >= 4 is 27.7 Å². The molecular formula is C15H17BrN2OS. The maximum Gasteiger partial charge on any atom is 0.188 e. The van der Waals surface area contributed by atoms with Crippen molar-refractivity contribution in [3.05, 3.63) is 45.2 Å². The Morgan fingerprint density at radius 2 is 1.80 bits per heavy atom. The topological polar surface area (TPSA) is 35.0 Å². The van der Waals surface area contributed by atoms with E-state index in [4.69, 9.17) is 4.74 Å². The standard InChI is InChI=1S/C15H17BrN2OS/c1-9-10(2)17-15(18-11(9)3)20-8-12-5-6-14(19-4)13(16)7-12/h5-7H,8H2,1-4H3. The number of ether oxygens (including phenoxy) is 1. The maximum absolute atomic E-state index is 5.23. The molecule has 20 heavy (non-hydrogen) atoms. The van der Waals surface area contributed by atoms with Crippen molar-refractivity contribution < 1.29 is 4.74 Å². The van der Waals surface area contributed by atoms with Crippen LogP contribution in [0.3, 0.4) is 0 Å². The van der Waals surface area contributed by atoms with E-state index in [0.717, 1.165) is 32.5 Å². The maximum atomic E-state index is 5.23. The zero-order chi connectivity index (χ0) is 14.7. The van der Waals surface area contributed by atoms with Crippen molar-refractivity contribution in [3.8, 4) is 5.75 Å². The number of methoxy groups -OCH3 is 1. The third-order valence-corrected chi connectivity index (χ3v) is 4.73. The van der Waals surface area contributed by atoms with Crippen LogP contribution in [0.1, 0.15) is 22.5 Å². The second-order valence-electron chi connectivity index (χ2n) is 4.56. The third-order valence-electron chi connectivity index (χ3n) is 3.20. The first kappa shape index (κ1) is 15.3. The van der Waals surface area contributed by atoms with Gasteiger partial charge in [0.1, 0.15) is 5.75 Å². The molecule has 0 aliphatic heterocycles. The van der Waals surface area contributed by atoms with Crippen LogP contribution in [-0.4, -0.2) is 17.1 Å². The molecule has 5 heteroatoms. The van der Waals surface area contributed by atoms with Crippen LogP contribution in [-0.2, 0) is 5.75 Å². The summed E-state index contributed by atoms with van der Waals surface area (Å²) in [4.78, 5) is 9.04. The largest absolute Gasteiger partial charge is 0.496 e. The van der Waals surface area contributed by atoms with Crippen LogP contribution in [0, 0.1) is 20.8 Å². The molecule has 0 fully saturated rings. The number of rotatable bonds is 4. The lowest BCUT2D eigenvalue weighted by Gasteiger charge is -2.08. The molecular weight excluding hydrogens is 336 g/mol. The van der Waals surface area contributed by atoms with Crippen LogP contribution in [0.5, 0.6) is 5.75 Å². The summed E-state index contributed by atoms with van der Waals surface area (Å²) in [6.07, 6.45) is 0. The van der Waals surface area contributed by atoms with Crippen molar-refractivity contribution in [2.45, 2.75) is 31.7 Å². The van der Waals surface area contributed by atoms with Gasteiger partial charge in [-0.3, -0.25) is 0 Å². The van der Waals surface area contributed by atoms with E-state index in [0.29, 0.717) is 0 Å². The Morgan fingerprint density at radius 1 is 1.15 bits per heavy atom. The molecule has 0 aliphatic carbocycles. The lowest BCUT2D eigenvalue weighted by Crippen LogP contribution is -1.98. The molecule has 1 heterocycles. The van der Waals surface area contributed by atoms with E-state index in [1.807, 2.05) is 19.9 Å². The van der Waals surface area contributed by atoms with Gasteiger partial charge in [-0.05, 0) is 60.0 Å². The summed E-state index contributed by atoms with van der Waals surface area (Å²) in [5, 5.41) is 0.831. The fraction of sp³-hybridized carbons (Fsp3) is 0.333. The van der Waals surface area contributed by atoms with Gasteiger partial charge >= 0.3 is 0 Å². The SMILES string of the molecule is COc1ccc(CSc2nc(C)c(C)c(C)n2)cc1Br. The molecule has 0 aliphatic rings. The van der Waals surface area contributed by atoms with E-state index >= 15 is 0 Å². The molecule has 0 saturated carbocycles. The zero-order valence-corrected chi connectivity index (χ0v) is 14.4. The van der Waals surface area contributed by atoms with E-state index < -0.39 is 0 Å². The lowest BCUT2D eigenvalue weighted by atomic mass is 10.2. The first-order valence-electron chi connectivity index (χ1n) is 6.28. The average molecular weight is 353 g/mol. The van der Waals surface area contributed by atoms with Gasteiger partial charge in [0.15, 0.2) is 5.16 Å². The number of hydrogen-bond donors (Lipinski definition) is 0. The minimum Gasteiger partial charge on any atom is -0.496 e. The molecule has 0 amide bonds. The average Bonchev–Trinajstić information content (AvgIpc) is 2.42. The first-order valence-corrected chi connectivity index (χ1v) is 8.06. The summed E-state index contributed by atoms with van der Waals surface area (Å²) < 4.78 is 6.20. The van der Waals surface area contributed by atoms with Crippen LogP contribution in [0.25, 0.3) is 0 Å². The lowest BCUT2D eigenvalue weighted by molar-refractivity contribution is 0.412. The molecule has 0 N–H and O–H groups in total. The Morgan fingerprint density at radius 3 is 2.35 bits per heavy atom. The number of aryl methyl sites for hydroxylation is 2. The Balaban J connectivity index is 2.11. The summed E-state index contributed by atoms with van der Waals surface area (Å²) in [7, 11) is 1.67. The highest BCUT2D eigenvalue weighted by Gasteiger charge is 2.07. The van der Waals surface area contributed by atoms with E-state index in [1.165, 1.54) is 11.1 Å². The number of thioether (sulfide) groups is 1. The van der Waals surface area contributed by atoms with Gasteiger partial charge in [0, 0.05) is 17.1 Å². The molecule has 0 saturated heterocycles. The van der Waals surface area contributed by atoms with Crippen molar-refractivity contribution in [1.82, 2.24) is 9.97 Å². The second-order valence-corrected chi connectivity index (χ2v) is 6.36. The molecule has 2 rings (SSSR count). The molecule has 0 unspecified atom stereocenters. The third kappa shape index (κ3) is 3.52. The van der Waals surface area contributed by atoms with Gasteiger partial charge in [0.05, 0.1) is 11.6 Å². The van der Waals surface area contributed by atoms with Crippen LogP contribution in [0.4, 0.5) is 0 Å². The fourth-order valence-electron chi connectivity index (χ4n) is 1.75. The number of hydrogen-bond acceptors (Lipinski definition) is 4. The summed E-state index contributed by atoms with van der Waals surface area (Å²) in [6, 6.07) is 6.09. The Kier molecular flexibility index (Phi) is 5.05. The summed E-state index contributed by atoms with van der Waals surface area (Å²) in [5.41, 5.74) is 4.48. The normalized spacial score (nSPS) is 10.7. The van der Waals surface area contributed by atoms with Gasteiger partial charge in [0.25, 0.3) is 0 Å². The quantitative estimate of drug-likeness (QED) is 0.600. The van der Waals surface area contributed by atoms with Crippen molar-refractivity contribution in [3.63, 3.8) is 0 Å². The Labute approximate surface area is 132 Å². The zero-order valence-electron chi connectivity index (χ0n) is 12.0. The van der Waals surface area contributed by atoms with E-state index in [2.05, 4.69) is 45.0 Å². The van der Waals surface area contributed by atoms with Gasteiger partial charge in [-0.15, -0.1) is 0 Å². The van der Waals surface area contributed by atoms with E-state index in [1.54, 1.807) is 18.9 Å². The minimum absolute atomic E-state index is 0.831. The molecule has 0 bridgehead atoms. The Hall–Kier alpha value is -1.07. The van der Waals surface area contributed by atoms with E-state index in [9.17, 15) is 0 Å². The van der Waals surface area contributed by atoms with Crippen LogP contribution in [0.2, 0.25) is 0 Å². The number of aromatic nitrogens is 2. The van der Waals surface area contributed by atoms with Gasteiger partial charge < -0.3 is 4.74 Å². The van der Waals surface area contributed by atoms with Gasteiger partial charge in [-0.1, -0.05) is 17.8 Å². The monoisotopic (exact) mass is 352 g/mol. The molecule has 0 radical (unpaired) electrons. The van der Waals surface area contributed by atoms with Crippen LogP contribution >= 0.6 is 27.7 Å². The van der Waals surface area contributed by atoms with Crippen LogP contribution < -0.4 is 4.74 Å². The summed E-state index contributed by atoms with van der Waals surface area (Å²) in [5.74, 6) is 1.68. The van der Waals surface area contributed by atoms with Gasteiger partial charge in [-0.25, -0.2) is 9.97 Å². The highest BCUT2D eigenvalue weighted by Crippen LogP contribution is 2.28. The number of halogens is 1. The summed E-state index contributed by atoms with van der Waals surface area (Å²) in [6.45, 7) is 6.11. The second kappa shape index (κ2) is 6.59. The number of benzene rings is 1. The molecule has 0 atom stereocenters. The van der Waals surface area contributed by atoms with Gasteiger partial charge in [-0.2, -0.15) is 0 Å². The van der Waals surface area contributed by atoms with Crippen LogP contribution in [0.15, 0.2) is 27.8 Å². The smallest absolute Gasteiger partial charge is 0.188 e. The molecule has 1 aromatic heterocycles. The summed E-state index contributed by atoms with van der Waals surface area (Å²) >= 11 is 5.15. The molecule has 0 spiro atoms. The fourth-order valence-corrected chi connectivity index (χ4v) is 3.22. The van der Waals surface area contributed by atoms with Crippen molar-refractivity contribution in [2.75, 3.05) is 7.11 Å². The molecule has 3 nitrogen and oxygen atoms in total. The predicted octanol–water partition coefficient (Wildman–Crippen LogP) is 4.47. The van der Waals surface area contributed by atoms with Crippen molar-refractivity contribution in [2.24, 2.45) is 0 Å². The molecule has 2 aromatic rings. The highest BCUT2D eigenvalue weighted by molar-refractivity contribution is 9.10. The Bertz CT molecular complexity index is 608. The van der Waals surface area contributed by atoms with Crippen molar-refractivity contribution in [1.29, 1.82) is 0 Å². The highest BCUT2D eigenvalue weighted by atomic mass is 79.9. The first-order chi connectivity index (χ1) is 9.51.